The molecule has 0 fully saturated rings. The van der Waals surface area contributed by atoms with E-state index in [0.717, 1.165) is 16.9 Å². The first-order valence-corrected chi connectivity index (χ1v) is 8.01. The summed E-state index contributed by atoms with van der Waals surface area (Å²) in [4.78, 5) is 12.5. The Balaban J connectivity index is 1.98. The zero-order chi connectivity index (χ0) is 17.1. The van der Waals surface area contributed by atoms with Gasteiger partial charge in [0.2, 0.25) is 0 Å². The SMILES string of the molecule is COCCNC(=O)c1cc2oc(C)cc2n1Cc1ccccc1C. The molecule has 1 aromatic carbocycles. The van der Waals surface area contributed by atoms with Crippen molar-refractivity contribution in [1.82, 2.24) is 9.88 Å². The maximum Gasteiger partial charge on any atom is 0.268 e. The molecule has 0 aliphatic heterocycles. The summed E-state index contributed by atoms with van der Waals surface area (Å²) >= 11 is 0. The number of hydrogen-bond donors (Lipinski definition) is 1. The van der Waals surface area contributed by atoms with Crippen LogP contribution >= 0.6 is 0 Å². The van der Waals surface area contributed by atoms with Crippen LogP contribution in [0.3, 0.4) is 0 Å². The average molecular weight is 326 g/mol. The van der Waals surface area contributed by atoms with Crippen molar-refractivity contribution in [1.29, 1.82) is 0 Å². The molecular weight excluding hydrogens is 304 g/mol. The van der Waals surface area contributed by atoms with Crippen LogP contribution in [0.25, 0.3) is 11.1 Å². The van der Waals surface area contributed by atoms with Crippen molar-refractivity contribution in [2.24, 2.45) is 0 Å². The number of methoxy groups -OCH3 is 1. The average Bonchev–Trinajstić information content (AvgIpc) is 3.07. The second kappa shape index (κ2) is 6.93. The molecule has 0 aliphatic rings. The van der Waals surface area contributed by atoms with Crippen molar-refractivity contribution in [2.45, 2.75) is 20.4 Å². The van der Waals surface area contributed by atoms with Gasteiger partial charge < -0.3 is 19.0 Å². The van der Waals surface area contributed by atoms with Crippen LogP contribution in [0.4, 0.5) is 0 Å². The van der Waals surface area contributed by atoms with E-state index < -0.39 is 0 Å². The highest BCUT2D eigenvalue weighted by molar-refractivity contribution is 5.97. The van der Waals surface area contributed by atoms with Crippen molar-refractivity contribution in [2.75, 3.05) is 20.3 Å². The number of aryl methyl sites for hydroxylation is 2. The number of aromatic nitrogens is 1. The van der Waals surface area contributed by atoms with Gasteiger partial charge in [0, 0.05) is 32.3 Å². The van der Waals surface area contributed by atoms with Crippen LogP contribution in [0.2, 0.25) is 0 Å². The second-order valence-corrected chi connectivity index (χ2v) is 5.90. The second-order valence-electron chi connectivity index (χ2n) is 5.90. The minimum atomic E-state index is -0.121. The number of fused-ring (bicyclic) bond motifs is 1. The molecule has 1 amide bonds. The van der Waals surface area contributed by atoms with E-state index in [4.69, 9.17) is 9.15 Å². The number of nitrogens with zero attached hydrogens (tertiary/aromatic N) is 1. The molecule has 2 aromatic heterocycles. The maximum absolute atomic E-state index is 12.5. The summed E-state index contributed by atoms with van der Waals surface area (Å²) in [5.74, 6) is 0.717. The van der Waals surface area contributed by atoms with Gasteiger partial charge in [-0.2, -0.15) is 0 Å². The van der Waals surface area contributed by atoms with Gasteiger partial charge in [0.15, 0.2) is 5.58 Å². The normalized spacial score (nSPS) is 11.1. The molecule has 0 saturated carbocycles. The molecule has 3 aromatic rings. The Hall–Kier alpha value is -2.53. The smallest absolute Gasteiger partial charge is 0.268 e. The number of hydrogen-bond acceptors (Lipinski definition) is 3. The fraction of sp³-hybridized carbons (Fsp3) is 0.316. The van der Waals surface area contributed by atoms with Gasteiger partial charge in [-0.25, -0.2) is 0 Å². The summed E-state index contributed by atoms with van der Waals surface area (Å²) in [5, 5.41) is 2.88. The molecule has 5 heteroatoms. The van der Waals surface area contributed by atoms with E-state index in [2.05, 4.69) is 24.4 Å². The third-order valence-corrected chi connectivity index (χ3v) is 4.13. The lowest BCUT2D eigenvalue weighted by Crippen LogP contribution is -2.29. The van der Waals surface area contributed by atoms with E-state index in [-0.39, 0.29) is 5.91 Å². The molecule has 5 nitrogen and oxygen atoms in total. The standard InChI is InChI=1S/C19H22N2O3/c1-13-6-4-5-7-15(13)12-21-16-10-14(2)24-18(16)11-17(21)19(22)20-8-9-23-3/h4-7,10-11H,8-9,12H2,1-3H3,(H,20,22). The largest absolute Gasteiger partial charge is 0.460 e. The third kappa shape index (κ3) is 3.21. The van der Waals surface area contributed by atoms with Gasteiger partial charge >= 0.3 is 0 Å². The Morgan fingerprint density at radius 1 is 1.25 bits per heavy atom. The Morgan fingerprint density at radius 2 is 2.04 bits per heavy atom. The van der Waals surface area contributed by atoms with Gasteiger partial charge in [-0.3, -0.25) is 4.79 Å². The Morgan fingerprint density at radius 3 is 2.79 bits per heavy atom. The highest BCUT2D eigenvalue weighted by atomic mass is 16.5. The minimum Gasteiger partial charge on any atom is -0.460 e. The number of amides is 1. The van der Waals surface area contributed by atoms with Crippen LogP contribution in [-0.2, 0) is 11.3 Å². The predicted octanol–water partition coefficient (Wildman–Crippen LogP) is 3.28. The van der Waals surface area contributed by atoms with Crippen molar-refractivity contribution in [3.63, 3.8) is 0 Å². The fourth-order valence-corrected chi connectivity index (χ4v) is 2.84. The number of carbonyl (C=O) groups is 1. The molecule has 3 rings (SSSR count). The molecule has 0 aliphatic carbocycles. The van der Waals surface area contributed by atoms with Gasteiger partial charge in [0.05, 0.1) is 12.1 Å². The number of rotatable bonds is 6. The van der Waals surface area contributed by atoms with Gasteiger partial charge in [0.25, 0.3) is 5.91 Å². The summed E-state index contributed by atoms with van der Waals surface area (Å²) in [6, 6.07) is 12.0. The third-order valence-electron chi connectivity index (χ3n) is 4.13. The molecule has 0 spiro atoms. The molecule has 0 unspecified atom stereocenters. The van der Waals surface area contributed by atoms with E-state index in [1.165, 1.54) is 11.1 Å². The fourth-order valence-electron chi connectivity index (χ4n) is 2.84. The molecule has 24 heavy (non-hydrogen) atoms. The lowest BCUT2D eigenvalue weighted by atomic mass is 10.1. The van der Waals surface area contributed by atoms with Crippen molar-refractivity contribution >= 4 is 17.0 Å². The molecule has 1 N–H and O–H groups in total. The van der Waals surface area contributed by atoms with Crippen molar-refractivity contribution in [3.05, 3.63) is 59.0 Å². The first-order chi connectivity index (χ1) is 11.6. The Kier molecular flexibility index (Phi) is 4.71. The number of carbonyl (C=O) groups excluding carboxylic acids is 1. The van der Waals surface area contributed by atoms with Crippen LogP contribution in [0.15, 0.2) is 40.8 Å². The van der Waals surface area contributed by atoms with E-state index in [0.29, 0.717) is 25.4 Å². The molecule has 126 valence electrons. The van der Waals surface area contributed by atoms with Crippen molar-refractivity contribution < 1.29 is 13.9 Å². The monoisotopic (exact) mass is 326 g/mol. The molecule has 0 saturated heterocycles. The van der Waals surface area contributed by atoms with Gasteiger partial charge in [-0.15, -0.1) is 0 Å². The number of furan rings is 1. The lowest BCUT2D eigenvalue weighted by molar-refractivity contribution is 0.0928. The zero-order valence-electron chi connectivity index (χ0n) is 14.3. The number of nitrogens with one attached hydrogen (secondary N) is 1. The molecule has 0 atom stereocenters. The number of benzene rings is 1. The van der Waals surface area contributed by atoms with Crippen LogP contribution in [0.5, 0.6) is 0 Å². The van der Waals surface area contributed by atoms with Crippen LogP contribution in [-0.4, -0.2) is 30.7 Å². The predicted molar refractivity (Wildman–Crippen MR) is 93.4 cm³/mol. The Labute approximate surface area is 141 Å². The van der Waals surface area contributed by atoms with Gasteiger partial charge in [-0.05, 0) is 25.0 Å². The van der Waals surface area contributed by atoms with E-state index >= 15 is 0 Å². The molecular formula is C19H22N2O3. The van der Waals surface area contributed by atoms with Crippen molar-refractivity contribution in [3.8, 4) is 0 Å². The van der Waals surface area contributed by atoms with E-state index in [9.17, 15) is 4.79 Å². The summed E-state index contributed by atoms with van der Waals surface area (Å²) in [6.45, 7) is 5.58. The van der Waals surface area contributed by atoms with Gasteiger partial charge in [0.1, 0.15) is 11.5 Å². The van der Waals surface area contributed by atoms with Crippen LogP contribution in [0.1, 0.15) is 27.4 Å². The summed E-state index contributed by atoms with van der Waals surface area (Å²) in [6.07, 6.45) is 0. The quantitative estimate of drug-likeness (QED) is 0.707. The highest BCUT2D eigenvalue weighted by Crippen LogP contribution is 2.25. The summed E-state index contributed by atoms with van der Waals surface area (Å²) in [5.41, 5.74) is 4.65. The first-order valence-electron chi connectivity index (χ1n) is 8.01. The summed E-state index contributed by atoms with van der Waals surface area (Å²) in [7, 11) is 1.61. The minimum absolute atomic E-state index is 0.121. The maximum atomic E-state index is 12.5. The molecule has 2 heterocycles. The topological polar surface area (TPSA) is 56.4 Å². The van der Waals surface area contributed by atoms with Gasteiger partial charge in [-0.1, -0.05) is 24.3 Å². The van der Waals surface area contributed by atoms with E-state index in [1.54, 1.807) is 7.11 Å². The molecule has 0 bridgehead atoms. The lowest BCUT2D eigenvalue weighted by Gasteiger charge is -2.12. The number of ether oxygens (including phenoxy) is 1. The van der Waals surface area contributed by atoms with Crippen LogP contribution in [0, 0.1) is 13.8 Å². The highest BCUT2D eigenvalue weighted by Gasteiger charge is 2.18. The summed E-state index contributed by atoms with van der Waals surface area (Å²) < 4.78 is 12.7. The molecule has 0 radical (unpaired) electrons. The van der Waals surface area contributed by atoms with E-state index in [1.807, 2.05) is 35.8 Å². The van der Waals surface area contributed by atoms with Crippen LogP contribution < -0.4 is 5.32 Å². The first kappa shape index (κ1) is 16.3. The Bertz CT molecular complexity index is 861. The zero-order valence-corrected chi connectivity index (χ0v) is 14.3.